The Hall–Kier alpha value is -2.83. The van der Waals surface area contributed by atoms with Gasteiger partial charge >= 0.3 is 0 Å². The van der Waals surface area contributed by atoms with E-state index in [9.17, 15) is 8.42 Å². The molecule has 2 heterocycles. The van der Waals surface area contributed by atoms with Gasteiger partial charge < -0.3 is 9.88 Å². The van der Waals surface area contributed by atoms with E-state index < -0.39 is 10.0 Å². The Labute approximate surface area is 176 Å². The van der Waals surface area contributed by atoms with Crippen LogP contribution in [0.3, 0.4) is 0 Å². The standard InChI is InChI=1S/C24H25N3O2S/c1-27-12-4-7-21(27)13-19-16-25-24-11-9-20(15-23(19)24)26-30(28,29)22-10-8-17-5-2-3-6-18(17)14-22/h2-3,5-6,8-11,14-16,21,25-26H,4,7,12-13H2,1H3/t21-/m0/s1. The van der Waals surface area contributed by atoms with Gasteiger partial charge in [0, 0.05) is 28.8 Å². The Morgan fingerprint density at radius 1 is 1.07 bits per heavy atom. The van der Waals surface area contributed by atoms with Gasteiger partial charge in [-0.25, -0.2) is 8.42 Å². The number of fused-ring (bicyclic) bond motifs is 2. The molecular weight excluding hydrogens is 394 g/mol. The molecule has 0 amide bonds. The molecule has 3 aromatic carbocycles. The molecular formula is C24H25N3O2S. The van der Waals surface area contributed by atoms with Gasteiger partial charge in [-0.2, -0.15) is 0 Å². The summed E-state index contributed by atoms with van der Waals surface area (Å²) < 4.78 is 28.8. The van der Waals surface area contributed by atoms with E-state index in [-0.39, 0.29) is 4.90 Å². The van der Waals surface area contributed by atoms with Crippen LogP contribution in [0.5, 0.6) is 0 Å². The number of hydrogen-bond acceptors (Lipinski definition) is 3. The highest BCUT2D eigenvalue weighted by molar-refractivity contribution is 7.92. The molecule has 1 saturated heterocycles. The average Bonchev–Trinajstić information content (AvgIpc) is 3.33. The van der Waals surface area contributed by atoms with Gasteiger partial charge in [0.05, 0.1) is 4.90 Å². The van der Waals surface area contributed by atoms with Crippen molar-refractivity contribution in [1.82, 2.24) is 9.88 Å². The first kappa shape index (κ1) is 19.2. The molecule has 154 valence electrons. The Morgan fingerprint density at radius 2 is 1.90 bits per heavy atom. The molecule has 0 spiro atoms. The van der Waals surface area contributed by atoms with E-state index in [1.54, 1.807) is 12.1 Å². The van der Waals surface area contributed by atoms with Crippen molar-refractivity contribution in [3.05, 3.63) is 72.4 Å². The summed E-state index contributed by atoms with van der Waals surface area (Å²) >= 11 is 0. The summed E-state index contributed by atoms with van der Waals surface area (Å²) in [7, 11) is -1.49. The van der Waals surface area contributed by atoms with E-state index in [1.807, 2.05) is 48.5 Å². The Kier molecular flexibility index (Phi) is 4.76. The Bertz CT molecular complexity index is 1330. The molecule has 1 aromatic heterocycles. The first-order valence-corrected chi connectivity index (χ1v) is 11.8. The number of hydrogen-bond donors (Lipinski definition) is 2. The van der Waals surface area contributed by atoms with Crippen LogP contribution in [0.4, 0.5) is 5.69 Å². The number of aromatic nitrogens is 1. The van der Waals surface area contributed by atoms with Crippen molar-refractivity contribution >= 4 is 37.4 Å². The number of sulfonamides is 1. The van der Waals surface area contributed by atoms with Crippen LogP contribution in [0.15, 0.2) is 71.8 Å². The molecule has 1 aliphatic heterocycles. The van der Waals surface area contributed by atoms with E-state index in [2.05, 4.69) is 27.9 Å². The first-order valence-electron chi connectivity index (χ1n) is 10.3. The molecule has 0 unspecified atom stereocenters. The topological polar surface area (TPSA) is 65.2 Å². The zero-order valence-corrected chi connectivity index (χ0v) is 17.7. The van der Waals surface area contributed by atoms with Gasteiger partial charge in [-0.3, -0.25) is 4.72 Å². The van der Waals surface area contributed by atoms with Crippen LogP contribution in [0.1, 0.15) is 18.4 Å². The lowest BCUT2D eigenvalue weighted by molar-refractivity contribution is 0.310. The molecule has 6 heteroatoms. The molecule has 1 fully saturated rings. The van der Waals surface area contributed by atoms with Crippen LogP contribution in [0.25, 0.3) is 21.7 Å². The Balaban J connectivity index is 1.44. The molecule has 1 atom stereocenters. The molecule has 2 N–H and O–H groups in total. The number of likely N-dealkylation sites (N-methyl/N-ethyl adjacent to an activating group) is 1. The number of likely N-dealkylation sites (tertiary alicyclic amines) is 1. The van der Waals surface area contributed by atoms with Gasteiger partial charge in [-0.1, -0.05) is 30.3 Å². The third-order valence-electron chi connectivity index (χ3n) is 6.18. The number of benzene rings is 3. The minimum Gasteiger partial charge on any atom is -0.361 e. The SMILES string of the molecule is CN1CCC[C@H]1Cc1c[nH]c2ccc(NS(=O)(=O)c3ccc4ccccc4c3)cc12. The fraction of sp³-hybridized carbons (Fsp3) is 0.250. The summed E-state index contributed by atoms with van der Waals surface area (Å²) in [5.74, 6) is 0. The Morgan fingerprint density at radius 3 is 2.70 bits per heavy atom. The fourth-order valence-corrected chi connectivity index (χ4v) is 5.53. The predicted octanol–water partition coefficient (Wildman–Crippen LogP) is 4.76. The zero-order chi connectivity index (χ0) is 20.7. The van der Waals surface area contributed by atoms with Crippen molar-refractivity contribution < 1.29 is 8.42 Å². The van der Waals surface area contributed by atoms with Crippen LogP contribution in [-0.2, 0) is 16.4 Å². The largest absolute Gasteiger partial charge is 0.361 e. The summed E-state index contributed by atoms with van der Waals surface area (Å²) in [6.45, 7) is 1.14. The molecule has 0 aliphatic carbocycles. The lowest BCUT2D eigenvalue weighted by Gasteiger charge is -2.18. The van der Waals surface area contributed by atoms with Crippen molar-refractivity contribution in [3.8, 4) is 0 Å². The summed E-state index contributed by atoms with van der Waals surface area (Å²) in [5.41, 5.74) is 2.84. The third-order valence-corrected chi connectivity index (χ3v) is 7.56. The third kappa shape index (κ3) is 3.57. The van der Waals surface area contributed by atoms with Gasteiger partial charge in [0.2, 0.25) is 0 Å². The number of nitrogens with zero attached hydrogens (tertiary/aromatic N) is 1. The maximum absolute atomic E-state index is 13.0. The highest BCUT2D eigenvalue weighted by Gasteiger charge is 2.22. The number of rotatable bonds is 5. The molecule has 0 saturated carbocycles. The monoisotopic (exact) mass is 419 g/mol. The number of aromatic amines is 1. The maximum atomic E-state index is 13.0. The number of nitrogens with one attached hydrogen (secondary N) is 2. The number of H-pyrrole nitrogens is 1. The highest BCUT2D eigenvalue weighted by Crippen LogP contribution is 2.28. The lowest BCUT2D eigenvalue weighted by Crippen LogP contribution is -2.26. The summed E-state index contributed by atoms with van der Waals surface area (Å²) in [6.07, 6.45) is 5.47. The predicted molar refractivity (Wildman–Crippen MR) is 122 cm³/mol. The second kappa shape index (κ2) is 7.45. The normalized spacial score (nSPS) is 17.7. The molecule has 5 rings (SSSR count). The van der Waals surface area contributed by atoms with Crippen LogP contribution in [0, 0.1) is 0 Å². The summed E-state index contributed by atoms with van der Waals surface area (Å²) in [4.78, 5) is 6.00. The molecule has 4 aromatic rings. The van der Waals surface area contributed by atoms with Gasteiger partial charge in [-0.05, 0) is 79.5 Å². The summed E-state index contributed by atoms with van der Waals surface area (Å²) in [5, 5.41) is 3.00. The summed E-state index contributed by atoms with van der Waals surface area (Å²) in [6, 6.07) is 19.2. The smallest absolute Gasteiger partial charge is 0.261 e. The highest BCUT2D eigenvalue weighted by atomic mass is 32.2. The maximum Gasteiger partial charge on any atom is 0.261 e. The van der Waals surface area contributed by atoms with Gasteiger partial charge in [0.25, 0.3) is 10.0 Å². The molecule has 5 nitrogen and oxygen atoms in total. The van der Waals surface area contributed by atoms with E-state index in [1.165, 1.54) is 18.4 Å². The van der Waals surface area contributed by atoms with Crippen molar-refractivity contribution in [2.75, 3.05) is 18.3 Å². The number of anilines is 1. The second-order valence-corrected chi connectivity index (χ2v) is 9.85. The van der Waals surface area contributed by atoms with Gasteiger partial charge in [-0.15, -0.1) is 0 Å². The van der Waals surface area contributed by atoms with E-state index in [4.69, 9.17) is 0 Å². The molecule has 0 radical (unpaired) electrons. The van der Waals surface area contributed by atoms with Crippen molar-refractivity contribution in [2.45, 2.75) is 30.2 Å². The van der Waals surface area contributed by atoms with Gasteiger partial charge in [0.15, 0.2) is 0 Å². The molecule has 1 aliphatic rings. The molecule has 0 bridgehead atoms. The second-order valence-electron chi connectivity index (χ2n) is 8.17. The van der Waals surface area contributed by atoms with Crippen LogP contribution < -0.4 is 4.72 Å². The first-order chi connectivity index (χ1) is 14.5. The minimum absolute atomic E-state index is 0.267. The van der Waals surface area contributed by atoms with Crippen LogP contribution in [-0.4, -0.2) is 37.9 Å². The quantitative estimate of drug-likeness (QED) is 0.490. The van der Waals surface area contributed by atoms with E-state index in [0.717, 1.165) is 34.6 Å². The lowest BCUT2D eigenvalue weighted by atomic mass is 10.0. The van der Waals surface area contributed by atoms with Crippen molar-refractivity contribution in [1.29, 1.82) is 0 Å². The van der Waals surface area contributed by atoms with Crippen molar-refractivity contribution in [3.63, 3.8) is 0 Å². The van der Waals surface area contributed by atoms with E-state index >= 15 is 0 Å². The average molecular weight is 420 g/mol. The van der Waals surface area contributed by atoms with Crippen LogP contribution in [0.2, 0.25) is 0 Å². The van der Waals surface area contributed by atoms with Gasteiger partial charge in [0.1, 0.15) is 0 Å². The van der Waals surface area contributed by atoms with Crippen LogP contribution >= 0.6 is 0 Å². The fourth-order valence-electron chi connectivity index (χ4n) is 4.45. The van der Waals surface area contributed by atoms with Crippen molar-refractivity contribution in [2.24, 2.45) is 0 Å². The molecule has 30 heavy (non-hydrogen) atoms. The van der Waals surface area contributed by atoms with E-state index in [0.29, 0.717) is 11.7 Å². The minimum atomic E-state index is -3.67. The zero-order valence-electron chi connectivity index (χ0n) is 16.9.